The fourth-order valence-electron chi connectivity index (χ4n) is 1.93. The van der Waals surface area contributed by atoms with Crippen molar-refractivity contribution < 1.29 is 42.7 Å². The number of aliphatic carboxylic acids is 1. The average molecular weight is 469 g/mol. The van der Waals surface area contributed by atoms with Crippen LogP contribution >= 0.6 is 0 Å². The van der Waals surface area contributed by atoms with Gasteiger partial charge in [0.2, 0.25) is 0 Å². The Morgan fingerprint density at radius 3 is 1.19 bits per heavy atom. The number of hydrogen-bond acceptors (Lipinski definition) is 8. The fourth-order valence-corrected chi connectivity index (χ4v) is 2.96. The lowest BCUT2D eigenvalue weighted by Gasteiger charge is -2.36. The summed E-state index contributed by atoms with van der Waals surface area (Å²) in [5.74, 6) is -0.865. The van der Waals surface area contributed by atoms with Crippen molar-refractivity contribution in [1.82, 2.24) is 0 Å². The number of hydrogen-bond donors (Lipinski definition) is 1. The van der Waals surface area contributed by atoms with Gasteiger partial charge < -0.3 is 38.0 Å². The molecule has 0 radical (unpaired) electrons. The maximum atomic E-state index is 10.3. The molecule has 0 aromatic rings. The van der Waals surface area contributed by atoms with Gasteiger partial charge in [0.25, 0.3) is 0 Å². The summed E-state index contributed by atoms with van der Waals surface area (Å²) in [6, 6.07) is 0. The van der Waals surface area contributed by atoms with Crippen LogP contribution in [0.3, 0.4) is 0 Å². The molecule has 0 rings (SSSR count). The van der Waals surface area contributed by atoms with Gasteiger partial charge in [-0.2, -0.15) is 0 Å². The normalized spacial score (nSPS) is 12.4. The van der Waals surface area contributed by atoms with Crippen molar-refractivity contribution in [2.24, 2.45) is 0 Å². The van der Waals surface area contributed by atoms with E-state index in [0.29, 0.717) is 79.3 Å². The molecular formula is C21H44O9Si. The van der Waals surface area contributed by atoms with Crippen LogP contribution in [0.25, 0.3) is 0 Å². The molecule has 0 aliphatic rings. The first-order valence-corrected chi connectivity index (χ1v) is 13.9. The molecular weight excluding hydrogens is 424 g/mol. The highest BCUT2D eigenvalue weighted by Crippen LogP contribution is 2.36. The van der Waals surface area contributed by atoms with E-state index in [2.05, 4.69) is 33.9 Å². The second kappa shape index (κ2) is 18.9. The zero-order valence-corrected chi connectivity index (χ0v) is 21.1. The van der Waals surface area contributed by atoms with E-state index in [1.165, 1.54) is 0 Å². The van der Waals surface area contributed by atoms with Gasteiger partial charge in [0, 0.05) is 0 Å². The Bertz CT molecular complexity index is 428. The van der Waals surface area contributed by atoms with Crippen LogP contribution in [0.4, 0.5) is 0 Å². The van der Waals surface area contributed by atoms with Crippen molar-refractivity contribution >= 4 is 14.3 Å². The predicted octanol–water partition coefficient (Wildman–Crippen LogP) is 2.58. The van der Waals surface area contributed by atoms with Gasteiger partial charge in [-0.1, -0.05) is 20.8 Å². The Morgan fingerprint density at radius 2 is 0.903 bits per heavy atom. The standard InChI is InChI=1S/C21H44O9Si/c1-21(2,3)31(4,5)30-19-18-29-17-16-28-15-14-27-13-12-26-11-10-25-9-8-24-7-6-20(22)23/h6-19H2,1-5H3,(H,22,23). The molecule has 0 bridgehead atoms. The molecule has 0 saturated carbocycles. The Kier molecular flexibility index (Phi) is 18.6. The minimum Gasteiger partial charge on any atom is -0.481 e. The Morgan fingerprint density at radius 1 is 0.613 bits per heavy atom. The van der Waals surface area contributed by atoms with Crippen molar-refractivity contribution in [2.75, 3.05) is 85.9 Å². The lowest BCUT2D eigenvalue weighted by atomic mass is 10.2. The Hall–Kier alpha value is -0.593. The predicted molar refractivity (Wildman–Crippen MR) is 120 cm³/mol. The zero-order valence-electron chi connectivity index (χ0n) is 20.1. The number of carboxylic acid groups (broad SMARTS) is 1. The molecule has 0 heterocycles. The van der Waals surface area contributed by atoms with E-state index in [9.17, 15) is 4.79 Å². The second-order valence-electron chi connectivity index (χ2n) is 8.43. The van der Waals surface area contributed by atoms with E-state index < -0.39 is 14.3 Å². The van der Waals surface area contributed by atoms with E-state index in [4.69, 9.17) is 38.0 Å². The van der Waals surface area contributed by atoms with Crippen molar-refractivity contribution in [3.8, 4) is 0 Å². The van der Waals surface area contributed by atoms with Crippen LogP contribution in [0.1, 0.15) is 27.2 Å². The molecule has 0 spiro atoms. The monoisotopic (exact) mass is 468 g/mol. The van der Waals surface area contributed by atoms with Gasteiger partial charge in [-0.05, 0) is 18.1 Å². The molecule has 0 atom stereocenters. The summed E-state index contributed by atoms with van der Waals surface area (Å²) in [6.07, 6.45) is 0.00891. The summed E-state index contributed by atoms with van der Waals surface area (Å²) in [7, 11) is -1.69. The first kappa shape index (κ1) is 30.4. The van der Waals surface area contributed by atoms with Crippen LogP contribution in [0, 0.1) is 0 Å². The third kappa shape index (κ3) is 19.8. The zero-order chi connectivity index (χ0) is 23.4. The molecule has 0 fully saturated rings. The molecule has 0 aromatic carbocycles. The first-order valence-electron chi connectivity index (χ1n) is 11.0. The molecule has 0 aliphatic heterocycles. The number of rotatable bonds is 22. The maximum absolute atomic E-state index is 10.3. The van der Waals surface area contributed by atoms with E-state index in [1.54, 1.807) is 0 Å². The number of carboxylic acids is 1. The average Bonchev–Trinajstić information content (AvgIpc) is 2.68. The summed E-state index contributed by atoms with van der Waals surface area (Å²) in [5.41, 5.74) is 0. The molecule has 0 saturated heterocycles. The minimum atomic E-state index is -1.69. The molecule has 0 aliphatic carbocycles. The molecule has 0 amide bonds. The lowest BCUT2D eigenvalue weighted by Crippen LogP contribution is -2.41. The van der Waals surface area contributed by atoms with Crippen molar-refractivity contribution in [1.29, 1.82) is 0 Å². The quantitative estimate of drug-likeness (QED) is 0.190. The molecule has 186 valence electrons. The van der Waals surface area contributed by atoms with Crippen LogP contribution in [0.5, 0.6) is 0 Å². The highest BCUT2D eigenvalue weighted by atomic mass is 28.4. The molecule has 0 aromatic heterocycles. The van der Waals surface area contributed by atoms with Gasteiger partial charge in [-0.25, -0.2) is 0 Å². The lowest BCUT2D eigenvalue weighted by molar-refractivity contribution is -0.138. The SMILES string of the molecule is CC(C)(C)[Si](C)(C)OCCOCCOCCOCCOCCOCCOCCC(=O)O. The summed E-state index contributed by atoms with van der Waals surface area (Å²) in [5, 5.41) is 8.67. The molecule has 0 unspecified atom stereocenters. The molecule has 31 heavy (non-hydrogen) atoms. The summed E-state index contributed by atoms with van der Waals surface area (Å²) in [4.78, 5) is 10.3. The highest BCUT2D eigenvalue weighted by Gasteiger charge is 2.36. The van der Waals surface area contributed by atoms with Gasteiger partial charge in [-0.15, -0.1) is 0 Å². The van der Waals surface area contributed by atoms with E-state index in [0.717, 1.165) is 0 Å². The number of carbonyl (C=O) groups is 1. The summed E-state index contributed by atoms with van der Waals surface area (Å²) >= 11 is 0. The smallest absolute Gasteiger partial charge is 0.305 e. The Balaban J connectivity index is 3.18. The van der Waals surface area contributed by atoms with Crippen molar-refractivity contribution in [3.05, 3.63) is 0 Å². The molecule has 10 heteroatoms. The Labute approximate surface area is 188 Å². The molecule has 9 nitrogen and oxygen atoms in total. The van der Waals surface area contributed by atoms with Crippen LogP contribution in [0.2, 0.25) is 18.1 Å². The highest BCUT2D eigenvalue weighted by molar-refractivity contribution is 6.74. The number of ether oxygens (including phenoxy) is 6. The molecule has 1 N–H and O–H groups in total. The van der Waals surface area contributed by atoms with Crippen LogP contribution in [0.15, 0.2) is 0 Å². The maximum Gasteiger partial charge on any atom is 0.305 e. The minimum absolute atomic E-state index is 0.00891. The van der Waals surface area contributed by atoms with Gasteiger partial charge in [0.05, 0.1) is 92.3 Å². The summed E-state index contributed by atoms with van der Waals surface area (Å²) in [6.45, 7) is 17.4. The fraction of sp³-hybridized carbons (Fsp3) is 0.952. The van der Waals surface area contributed by atoms with Crippen LogP contribution < -0.4 is 0 Å². The van der Waals surface area contributed by atoms with E-state index in [-0.39, 0.29) is 18.1 Å². The second-order valence-corrected chi connectivity index (χ2v) is 13.2. The van der Waals surface area contributed by atoms with E-state index >= 15 is 0 Å². The van der Waals surface area contributed by atoms with Crippen LogP contribution in [-0.2, 0) is 37.6 Å². The van der Waals surface area contributed by atoms with Gasteiger partial charge in [0.1, 0.15) is 0 Å². The first-order chi connectivity index (χ1) is 14.7. The third-order valence-corrected chi connectivity index (χ3v) is 9.36. The third-order valence-electron chi connectivity index (χ3n) is 4.82. The van der Waals surface area contributed by atoms with Crippen molar-refractivity contribution in [2.45, 2.75) is 45.3 Å². The van der Waals surface area contributed by atoms with E-state index in [1.807, 2.05) is 0 Å². The topological polar surface area (TPSA) is 102 Å². The van der Waals surface area contributed by atoms with Gasteiger partial charge in [0.15, 0.2) is 8.32 Å². The van der Waals surface area contributed by atoms with Gasteiger partial charge >= 0.3 is 5.97 Å². The largest absolute Gasteiger partial charge is 0.481 e. The van der Waals surface area contributed by atoms with Crippen molar-refractivity contribution in [3.63, 3.8) is 0 Å². The summed E-state index contributed by atoms with van der Waals surface area (Å²) < 4.78 is 38.3. The van der Waals surface area contributed by atoms with Crippen LogP contribution in [-0.4, -0.2) is 105 Å². The van der Waals surface area contributed by atoms with Gasteiger partial charge in [-0.3, -0.25) is 4.79 Å².